The fourth-order valence-corrected chi connectivity index (χ4v) is 0.318. The summed E-state index contributed by atoms with van der Waals surface area (Å²) in [6.07, 6.45) is 0.577. The van der Waals surface area contributed by atoms with Crippen LogP contribution in [0.4, 0.5) is 0 Å². The maximum atomic E-state index is 10.5. The van der Waals surface area contributed by atoms with Crippen LogP contribution in [-0.2, 0) is 9.53 Å². The van der Waals surface area contributed by atoms with Crippen molar-refractivity contribution in [2.24, 2.45) is 11.7 Å². The van der Waals surface area contributed by atoms with E-state index in [2.05, 4.69) is 11.3 Å². The van der Waals surface area contributed by atoms with Gasteiger partial charge in [-0.25, -0.2) is 4.79 Å². The monoisotopic (exact) mass is 143 g/mol. The third-order valence-electron chi connectivity index (χ3n) is 1.08. The lowest BCUT2D eigenvalue weighted by Gasteiger charge is -2.14. The van der Waals surface area contributed by atoms with Gasteiger partial charge < -0.3 is 4.74 Å². The molecular weight excluding hydrogens is 130 g/mol. The van der Waals surface area contributed by atoms with E-state index in [9.17, 15) is 4.79 Å². The fraction of sp³-hybridized carbons (Fsp3) is 0.571. The molecule has 10 heavy (non-hydrogen) atoms. The van der Waals surface area contributed by atoms with Crippen molar-refractivity contribution in [3.8, 4) is 0 Å². The zero-order valence-electron chi connectivity index (χ0n) is 6.33. The maximum absolute atomic E-state index is 10.5. The Hall–Kier alpha value is -0.830. The molecule has 0 aliphatic heterocycles. The van der Waals surface area contributed by atoms with Gasteiger partial charge in [-0.2, -0.15) is 0 Å². The highest BCUT2D eigenvalue weighted by Gasteiger charge is 2.09. The molecule has 0 saturated heterocycles. The van der Waals surface area contributed by atoms with Crippen LogP contribution in [0.15, 0.2) is 12.7 Å². The molecule has 0 aromatic rings. The molecule has 0 spiro atoms. The number of ether oxygens (including phenoxy) is 1. The zero-order chi connectivity index (χ0) is 8.15. The molecule has 1 unspecified atom stereocenters. The SMILES string of the molecule is C=CC(=O)OC(N)C(C)C. The van der Waals surface area contributed by atoms with Gasteiger partial charge in [0.05, 0.1) is 0 Å². The van der Waals surface area contributed by atoms with Crippen molar-refractivity contribution in [2.45, 2.75) is 20.1 Å². The molecule has 0 rings (SSSR count). The quantitative estimate of drug-likeness (QED) is 0.358. The van der Waals surface area contributed by atoms with Gasteiger partial charge in [-0.05, 0) is 0 Å². The Balaban J connectivity index is 3.67. The van der Waals surface area contributed by atoms with Crippen LogP contribution in [0.2, 0.25) is 0 Å². The first kappa shape index (κ1) is 9.17. The molecule has 0 bridgehead atoms. The fourth-order valence-electron chi connectivity index (χ4n) is 0.318. The van der Waals surface area contributed by atoms with Gasteiger partial charge in [-0.15, -0.1) is 0 Å². The predicted molar refractivity (Wildman–Crippen MR) is 39.1 cm³/mol. The van der Waals surface area contributed by atoms with Crippen molar-refractivity contribution in [1.82, 2.24) is 0 Å². The second-order valence-corrected chi connectivity index (χ2v) is 2.35. The van der Waals surface area contributed by atoms with Crippen LogP contribution in [-0.4, -0.2) is 12.2 Å². The number of carbonyl (C=O) groups is 1. The highest BCUT2D eigenvalue weighted by Crippen LogP contribution is 1.99. The van der Waals surface area contributed by atoms with E-state index in [1.165, 1.54) is 0 Å². The van der Waals surface area contributed by atoms with E-state index in [-0.39, 0.29) is 5.92 Å². The van der Waals surface area contributed by atoms with E-state index in [1.807, 2.05) is 13.8 Å². The molecule has 0 aliphatic carbocycles. The third kappa shape index (κ3) is 3.25. The standard InChI is InChI=1S/C7H13NO2/c1-4-6(9)10-7(8)5(2)3/h4-5,7H,1,8H2,2-3H3. The summed E-state index contributed by atoms with van der Waals surface area (Å²) in [7, 11) is 0. The Labute approximate surface area is 60.9 Å². The van der Waals surface area contributed by atoms with Crippen molar-refractivity contribution in [1.29, 1.82) is 0 Å². The average molecular weight is 143 g/mol. The van der Waals surface area contributed by atoms with Gasteiger partial charge in [0.15, 0.2) is 6.23 Å². The highest BCUT2D eigenvalue weighted by molar-refractivity contribution is 5.81. The average Bonchev–Trinajstić information content (AvgIpc) is 1.87. The summed E-state index contributed by atoms with van der Waals surface area (Å²) in [5.41, 5.74) is 5.40. The first-order valence-corrected chi connectivity index (χ1v) is 3.16. The van der Waals surface area contributed by atoms with Gasteiger partial charge in [-0.1, -0.05) is 20.4 Å². The number of carbonyl (C=O) groups excluding carboxylic acids is 1. The second kappa shape index (κ2) is 4.06. The number of hydrogen-bond acceptors (Lipinski definition) is 3. The van der Waals surface area contributed by atoms with E-state index in [4.69, 9.17) is 5.73 Å². The molecule has 0 heterocycles. The van der Waals surface area contributed by atoms with Crippen LogP contribution >= 0.6 is 0 Å². The van der Waals surface area contributed by atoms with Gasteiger partial charge in [-0.3, -0.25) is 5.73 Å². The normalized spacial score (nSPS) is 12.8. The van der Waals surface area contributed by atoms with Gasteiger partial charge in [0.2, 0.25) is 0 Å². The molecule has 2 N–H and O–H groups in total. The summed E-state index contributed by atoms with van der Waals surface area (Å²) in [4.78, 5) is 10.5. The van der Waals surface area contributed by atoms with E-state index >= 15 is 0 Å². The first-order chi connectivity index (χ1) is 4.57. The van der Waals surface area contributed by atoms with Crippen molar-refractivity contribution < 1.29 is 9.53 Å². The van der Waals surface area contributed by atoms with E-state index in [0.717, 1.165) is 6.08 Å². The molecule has 0 radical (unpaired) electrons. The lowest BCUT2D eigenvalue weighted by atomic mass is 10.2. The van der Waals surface area contributed by atoms with Gasteiger partial charge >= 0.3 is 5.97 Å². The van der Waals surface area contributed by atoms with Gasteiger partial charge in [0.1, 0.15) is 0 Å². The third-order valence-corrected chi connectivity index (χ3v) is 1.08. The van der Waals surface area contributed by atoms with Crippen LogP contribution in [0.3, 0.4) is 0 Å². The largest absolute Gasteiger partial charge is 0.443 e. The smallest absolute Gasteiger partial charge is 0.331 e. The Bertz CT molecular complexity index is 132. The van der Waals surface area contributed by atoms with Crippen LogP contribution < -0.4 is 5.73 Å². The molecular formula is C7H13NO2. The first-order valence-electron chi connectivity index (χ1n) is 3.16. The second-order valence-electron chi connectivity index (χ2n) is 2.35. The molecule has 3 heteroatoms. The van der Waals surface area contributed by atoms with Gasteiger partial charge in [0, 0.05) is 12.0 Å². The van der Waals surface area contributed by atoms with E-state index in [1.54, 1.807) is 0 Å². The van der Waals surface area contributed by atoms with Crippen LogP contribution in [0.1, 0.15) is 13.8 Å². The molecule has 0 aliphatic rings. The number of rotatable bonds is 3. The summed E-state index contributed by atoms with van der Waals surface area (Å²) in [6, 6.07) is 0. The summed E-state index contributed by atoms with van der Waals surface area (Å²) < 4.78 is 4.68. The van der Waals surface area contributed by atoms with Crippen molar-refractivity contribution in [3.63, 3.8) is 0 Å². The minimum absolute atomic E-state index is 0.142. The van der Waals surface area contributed by atoms with Crippen LogP contribution in [0.25, 0.3) is 0 Å². The Morgan fingerprint density at radius 1 is 1.70 bits per heavy atom. The van der Waals surface area contributed by atoms with Crippen molar-refractivity contribution in [3.05, 3.63) is 12.7 Å². The number of hydrogen-bond donors (Lipinski definition) is 1. The minimum atomic E-state index is -0.523. The Kier molecular flexibility index (Phi) is 3.72. The van der Waals surface area contributed by atoms with E-state index in [0.29, 0.717) is 0 Å². The number of nitrogens with two attached hydrogens (primary N) is 1. The summed E-state index contributed by atoms with van der Waals surface area (Å²) in [5, 5.41) is 0. The molecule has 0 fully saturated rings. The number of esters is 1. The van der Waals surface area contributed by atoms with Crippen molar-refractivity contribution in [2.75, 3.05) is 0 Å². The maximum Gasteiger partial charge on any atom is 0.331 e. The summed E-state index contributed by atoms with van der Waals surface area (Å²) >= 11 is 0. The Morgan fingerprint density at radius 2 is 2.20 bits per heavy atom. The topological polar surface area (TPSA) is 52.3 Å². The van der Waals surface area contributed by atoms with Gasteiger partial charge in [0.25, 0.3) is 0 Å². The van der Waals surface area contributed by atoms with Crippen LogP contribution in [0, 0.1) is 5.92 Å². The van der Waals surface area contributed by atoms with Crippen molar-refractivity contribution >= 4 is 5.97 Å². The van der Waals surface area contributed by atoms with E-state index < -0.39 is 12.2 Å². The zero-order valence-corrected chi connectivity index (χ0v) is 6.33. The molecule has 0 aromatic carbocycles. The summed E-state index contributed by atoms with van der Waals surface area (Å²) in [5.74, 6) is -0.329. The lowest BCUT2D eigenvalue weighted by Crippen LogP contribution is -2.31. The highest BCUT2D eigenvalue weighted by atomic mass is 16.6. The Morgan fingerprint density at radius 3 is 2.50 bits per heavy atom. The molecule has 1 atom stereocenters. The molecule has 3 nitrogen and oxygen atoms in total. The molecule has 0 amide bonds. The molecule has 0 saturated carbocycles. The molecule has 0 aromatic heterocycles. The molecule has 58 valence electrons. The minimum Gasteiger partial charge on any atom is -0.443 e. The summed E-state index contributed by atoms with van der Waals surface area (Å²) in [6.45, 7) is 6.99. The van der Waals surface area contributed by atoms with Crippen LogP contribution in [0.5, 0.6) is 0 Å². The lowest BCUT2D eigenvalue weighted by molar-refractivity contribution is -0.144. The predicted octanol–water partition coefficient (Wildman–Crippen LogP) is 0.656.